The van der Waals surface area contributed by atoms with E-state index in [9.17, 15) is 4.79 Å². The second kappa shape index (κ2) is 9.49. The van der Waals surface area contributed by atoms with Gasteiger partial charge in [-0.25, -0.2) is 0 Å². The molecule has 0 unspecified atom stereocenters. The van der Waals surface area contributed by atoms with Gasteiger partial charge in [0, 0.05) is 18.3 Å². The first-order valence-corrected chi connectivity index (χ1v) is 10.5. The van der Waals surface area contributed by atoms with Crippen molar-refractivity contribution < 1.29 is 14.6 Å². The minimum atomic E-state index is -0.722. The number of ether oxygens (including phenoxy) is 1. The van der Waals surface area contributed by atoms with E-state index in [1.165, 1.54) is 11.1 Å². The van der Waals surface area contributed by atoms with Gasteiger partial charge < -0.3 is 14.7 Å². The van der Waals surface area contributed by atoms with E-state index >= 15 is 0 Å². The highest BCUT2D eigenvalue weighted by Gasteiger charge is 2.26. The third-order valence-corrected chi connectivity index (χ3v) is 5.64. The summed E-state index contributed by atoms with van der Waals surface area (Å²) < 4.78 is 5.86. The van der Waals surface area contributed by atoms with E-state index in [4.69, 9.17) is 9.84 Å². The van der Waals surface area contributed by atoms with Gasteiger partial charge in [0.1, 0.15) is 12.4 Å². The molecule has 4 nitrogen and oxygen atoms in total. The molecule has 1 aliphatic heterocycles. The van der Waals surface area contributed by atoms with E-state index in [0.29, 0.717) is 6.61 Å². The molecular weight excluding hydrogens is 374 g/mol. The Labute approximate surface area is 177 Å². The van der Waals surface area contributed by atoms with Crippen LogP contribution in [-0.2, 0) is 17.8 Å². The standard InChI is InChI=1S/C26H27NO3/c28-26(29)18-24-7-4-16-27(24)23-12-8-20(9-13-23)17-21-10-14-25(15-11-21)30-19-22-5-2-1-3-6-22/h1-3,5-6,8-15,24H,4,7,16-19H2,(H,28,29)/t24-/m0/s1. The maximum Gasteiger partial charge on any atom is 0.305 e. The number of nitrogens with zero attached hydrogens (tertiary/aromatic N) is 1. The maximum absolute atomic E-state index is 11.1. The number of carboxylic acid groups (broad SMARTS) is 1. The summed E-state index contributed by atoms with van der Waals surface area (Å²) in [7, 11) is 0. The third-order valence-electron chi connectivity index (χ3n) is 5.64. The van der Waals surface area contributed by atoms with Crippen molar-refractivity contribution in [1.82, 2.24) is 0 Å². The normalized spacial score (nSPS) is 15.9. The van der Waals surface area contributed by atoms with Gasteiger partial charge in [-0.2, -0.15) is 0 Å². The number of hydrogen-bond donors (Lipinski definition) is 1. The Morgan fingerprint density at radius 2 is 1.57 bits per heavy atom. The Morgan fingerprint density at radius 1 is 0.900 bits per heavy atom. The highest BCUT2D eigenvalue weighted by Crippen LogP contribution is 2.28. The first-order chi connectivity index (χ1) is 14.7. The fourth-order valence-electron chi connectivity index (χ4n) is 4.07. The number of rotatable bonds is 8. The summed E-state index contributed by atoms with van der Waals surface area (Å²) in [6.07, 6.45) is 3.07. The van der Waals surface area contributed by atoms with Gasteiger partial charge in [-0.1, -0.05) is 54.6 Å². The van der Waals surface area contributed by atoms with Crippen LogP contribution in [0.4, 0.5) is 5.69 Å². The number of carboxylic acids is 1. The van der Waals surface area contributed by atoms with Crippen molar-refractivity contribution in [2.24, 2.45) is 0 Å². The lowest BCUT2D eigenvalue weighted by atomic mass is 10.0. The van der Waals surface area contributed by atoms with E-state index in [0.717, 1.165) is 42.8 Å². The molecule has 0 amide bonds. The molecule has 0 bridgehead atoms. The summed E-state index contributed by atoms with van der Waals surface area (Å²) >= 11 is 0. The lowest BCUT2D eigenvalue weighted by Crippen LogP contribution is -2.31. The van der Waals surface area contributed by atoms with Gasteiger partial charge in [0.25, 0.3) is 0 Å². The Balaban J connectivity index is 1.33. The van der Waals surface area contributed by atoms with E-state index in [-0.39, 0.29) is 12.5 Å². The van der Waals surface area contributed by atoms with Gasteiger partial charge in [0.2, 0.25) is 0 Å². The van der Waals surface area contributed by atoms with Crippen LogP contribution in [0.2, 0.25) is 0 Å². The summed E-state index contributed by atoms with van der Waals surface area (Å²) in [5.41, 5.74) is 4.75. The molecular formula is C26H27NO3. The van der Waals surface area contributed by atoms with E-state index in [1.807, 2.05) is 30.3 Å². The van der Waals surface area contributed by atoms with Crippen LogP contribution in [0.5, 0.6) is 5.75 Å². The number of carbonyl (C=O) groups is 1. The molecule has 1 saturated heterocycles. The van der Waals surface area contributed by atoms with Crippen molar-refractivity contribution in [3.63, 3.8) is 0 Å². The molecule has 3 aromatic rings. The van der Waals surface area contributed by atoms with E-state index < -0.39 is 5.97 Å². The summed E-state index contributed by atoms with van der Waals surface area (Å²) in [6.45, 7) is 1.50. The van der Waals surface area contributed by atoms with Crippen LogP contribution in [0.1, 0.15) is 36.0 Å². The molecule has 0 radical (unpaired) electrons. The Morgan fingerprint density at radius 3 is 2.23 bits per heavy atom. The molecule has 1 atom stereocenters. The van der Waals surface area contributed by atoms with Crippen LogP contribution in [0.25, 0.3) is 0 Å². The van der Waals surface area contributed by atoms with Crippen LogP contribution in [0.3, 0.4) is 0 Å². The lowest BCUT2D eigenvalue weighted by molar-refractivity contribution is -0.137. The van der Waals surface area contributed by atoms with Gasteiger partial charge in [0.05, 0.1) is 6.42 Å². The van der Waals surface area contributed by atoms with Crippen molar-refractivity contribution in [2.45, 2.75) is 38.3 Å². The second-order valence-corrected chi connectivity index (χ2v) is 7.85. The van der Waals surface area contributed by atoms with Crippen molar-refractivity contribution in [1.29, 1.82) is 0 Å². The zero-order chi connectivity index (χ0) is 20.8. The fraction of sp³-hybridized carbons (Fsp3) is 0.269. The van der Waals surface area contributed by atoms with Crippen molar-refractivity contribution in [3.8, 4) is 5.75 Å². The van der Waals surface area contributed by atoms with Crippen LogP contribution in [0.15, 0.2) is 78.9 Å². The Bertz CT molecular complexity index is 952. The Kier molecular flexibility index (Phi) is 6.33. The van der Waals surface area contributed by atoms with E-state index in [2.05, 4.69) is 53.4 Å². The molecule has 0 aromatic heterocycles. The quantitative estimate of drug-likeness (QED) is 0.556. The first kappa shape index (κ1) is 20.0. The average Bonchev–Trinajstić information content (AvgIpc) is 3.22. The monoisotopic (exact) mass is 401 g/mol. The molecule has 30 heavy (non-hydrogen) atoms. The molecule has 0 saturated carbocycles. The zero-order valence-electron chi connectivity index (χ0n) is 17.0. The van der Waals surface area contributed by atoms with Gasteiger partial charge >= 0.3 is 5.97 Å². The molecule has 154 valence electrons. The maximum atomic E-state index is 11.1. The fourth-order valence-corrected chi connectivity index (χ4v) is 4.07. The van der Waals surface area contributed by atoms with Crippen molar-refractivity contribution in [2.75, 3.05) is 11.4 Å². The molecule has 1 fully saturated rings. The van der Waals surface area contributed by atoms with Gasteiger partial charge in [0.15, 0.2) is 0 Å². The number of aliphatic carboxylic acids is 1. The molecule has 4 rings (SSSR count). The Hall–Kier alpha value is -3.27. The summed E-state index contributed by atoms with van der Waals surface area (Å²) in [5, 5.41) is 9.12. The SMILES string of the molecule is O=C(O)C[C@@H]1CCCN1c1ccc(Cc2ccc(OCc3ccccc3)cc2)cc1. The van der Waals surface area contributed by atoms with Gasteiger partial charge in [-0.05, 0) is 60.2 Å². The van der Waals surface area contributed by atoms with Crippen molar-refractivity contribution in [3.05, 3.63) is 95.6 Å². The lowest BCUT2D eigenvalue weighted by Gasteiger charge is -2.26. The molecule has 1 heterocycles. The number of anilines is 1. The van der Waals surface area contributed by atoms with Gasteiger partial charge in [-0.3, -0.25) is 4.79 Å². The molecule has 0 aliphatic carbocycles. The predicted molar refractivity (Wildman–Crippen MR) is 119 cm³/mol. The number of benzene rings is 3. The van der Waals surface area contributed by atoms with Crippen LogP contribution in [0, 0.1) is 0 Å². The van der Waals surface area contributed by atoms with Crippen LogP contribution in [-0.4, -0.2) is 23.7 Å². The minimum absolute atomic E-state index is 0.108. The van der Waals surface area contributed by atoms with Crippen molar-refractivity contribution >= 4 is 11.7 Å². The molecule has 0 spiro atoms. The largest absolute Gasteiger partial charge is 0.489 e. The summed E-state index contributed by atoms with van der Waals surface area (Å²) in [5.74, 6) is 0.149. The zero-order valence-corrected chi connectivity index (χ0v) is 17.0. The summed E-state index contributed by atoms with van der Waals surface area (Å²) in [6, 6.07) is 27.0. The minimum Gasteiger partial charge on any atom is -0.489 e. The molecule has 3 aromatic carbocycles. The van der Waals surface area contributed by atoms with E-state index in [1.54, 1.807) is 0 Å². The molecule has 4 heteroatoms. The van der Waals surface area contributed by atoms with Gasteiger partial charge in [-0.15, -0.1) is 0 Å². The number of hydrogen-bond acceptors (Lipinski definition) is 3. The second-order valence-electron chi connectivity index (χ2n) is 7.85. The highest BCUT2D eigenvalue weighted by atomic mass is 16.5. The van der Waals surface area contributed by atoms with Crippen LogP contribution < -0.4 is 9.64 Å². The highest BCUT2D eigenvalue weighted by molar-refractivity contribution is 5.69. The third kappa shape index (κ3) is 5.20. The summed E-state index contributed by atoms with van der Waals surface area (Å²) in [4.78, 5) is 13.3. The van der Waals surface area contributed by atoms with Crippen LogP contribution >= 0.6 is 0 Å². The molecule has 1 aliphatic rings. The predicted octanol–water partition coefficient (Wildman–Crippen LogP) is 5.30. The topological polar surface area (TPSA) is 49.8 Å². The first-order valence-electron chi connectivity index (χ1n) is 10.5. The molecule has 1 N–H and O–H groups in total. The smallest absolute Gasteiger partial charge is 0.305 e. The average molecular weight is 402 g/mol.